The van der Waals surface area contributed by atoms with Crippen LogP contribution < -0.4 is 5.32 Å². The van der Waals surface area contributed by atoms with Gasteiger partial charge in [-0.2, -0.15) is 0 Å². The second-order valence-electron chi connectivity index (χ2n) is 2.00. The molecule has 1 rings (SSSR count). The molecule has 0 atom stereocenters. The van der Waals surface area contributed by atoms with E-state index < -0.39 is 0 Å². The van der Waals surface area contributed by atoms with Gasteiger partial charge in [0.05, 0.1) is 0 Å². The second kappa shape index (κ2) is 4.45. The van der Waals surface area contributed by atoms with E-state index in [2.05, 4.69) is 85.2 Å². The van der Waals surface area contributed by atoms with Gasteiger partial charge in [0.25, 0.3) is 0 Å². The maximum Gasteiger partial charge on any atom is 0.0398 e. The third-order valence-electron chi connectivity index (χ3n) is 1.27. The molecule has 0 aliphatic carbocycles. The number of halogens is 3. The van der Waals surface area contributed by atoms with Gasteiger partial charge in [-0.1, -0.05) is 0 Å². The van der Waals surface area contributed by atoms with Gasteiger partial charge in [-0.3, -0.25) is 0 Å². The van der Waals surface area contributed by atoms with Crippen molar-refractivity contribution in [2.75, 3.05) is 12.4 Å². The predicted octanol–water partition coefficient (Wildman–Crippen LogP) is 3.54. The summed E-state index contributed by atoms with van der Waals surface area (Å²) in [5.41, 5.74) is 1.18. The number of nitrogens with one attached hydrogen (secondary N) is 1. The minimum absolute atomic E-state index is 1.18. The van der Waals surface area contributed by atoms with Crippen LogP contribution in [0.25, 0.3) is 0 Å². The van der Waals surface area contributed by atoms with Crippen LogP contribution in [0.2, 0.25) is 0 Å². The topological polar surface area (TPSA) is 12.0 Å². The third kappa shape index (κ3) is 2.58. The molecule has 4 heteroatoms. The summed E-state index contributed by atoms with van der Waals surface area (Å²) in [5.74, 6) is 0. The van der Waals surface area contributed by atoms with Gasteiger partial charge < -0.3 is 5.32 Å². The number of rotatable bonds is 1. The lowest BCUT2D eigenvalue weighted by molar-refractivity contribution is 1.45. The highest BCUT2D eigenvalue weighted by Crippen LogP contribution is 2.25. The highest BCUT2D eigenvalue weighted by Gasteiger charge is 2.02. The van der Waals surface area contributed by atoms with Gasteiger partial charge in [0.15, 0.2) is 0 Å². The second-order valence-corrected chi connectivity index (χ2v) is 5.41. The summed E-state index contributed by atoms with van der Waals surface area (Å²) in [7, 11) is 1.94. The average molecular weight is 485 g/mol. The first-order chi connectivity index (χ1) is 5.15. The molecular formula is C7H6I3N. The van der Waals surface area contributed by atoms with Crippen LogP contribution in [0.4, 0.5) is 5.69 Å². The van der Waals surface area contributed by atoms with Crippen LogP contribution in [0.5, 0.6) is 0 Å². The van der Waals surface area contributed by atoms with E-state index in [1.807, 2.05) is 7.05 Å². The summed E-state index contributed by atoms with van der Waals surface area (Å²) in [4.78, 5) is 0. The van der Waals surface area contributed by atoms with Crippen molar-refractivity contribution in [1.82, 2.24) is 0 Å². The molecule has 0 fully saturated rings. The lowest BCUT2D eigenvalue weighted by atomic mass is 10.3. The predicted molar refractivity (Wildman–Crippen MR) is 74.1 cm³/mol. The fourth-order valence-corrected chi connectivity index (χ4v) is 2.78. The minimum atomic E-state index is 1.18. The quantitative estimate of drug-likeness (QED) is 0.475. The summed E-state index contributed by atoms with van der Waals surface area (Å²) < 4.78 is 3.95. The summed E-state index contributed by atoms with van der Waals surface area (Å²) >= 11 is 7.05. The fourth-order valence-electron chi connectivity index (χ4n) is 0.700. The average Bonchev–Trinajstić information content (AvgIpc) is 1.99. The van der Waals surface area contributed by atoms with Gasteiger partial charge >= 0.3 is 0 Å². The number of benzene rings is 1. The summed E-state index contributed by atoms with van der Waals surface area (Å²) in [6.45, 7) is 0. The minimum Gasteiger partial charge on any atom is -0.388 e. The van der Waals surface area contributed by atoms with E-state index in [4.69, 9.17) is 0 Å². The van der Waals surface area contributed by atoms with Crippen molar-refractivity contribution < 1.29 is 0 Å². The van der Waals surface area contributed by atoms with Crippen molar-refractivity contribution >= 4 is 73.5 Å². The van der Waals surface area contributed by atoms with Crippen LogP contribution in [-0.2, 0) is 0 Å². The molecule has 0 aliphatic heterocycles. The van der Waals surface area contributed by atoms with Crippen LogP contribution >= 0.6 is 67.8 Å². The molecule has 0 heterocycles. The molecule has 0 aromatic heterocycles. The van der Waals surface area contributed by atoms with Crippen molar-refractivity contribution in [2.45, 2.75) is 0 Å². The van der Waals surface area contributed by atoms with Gasteiger partial charge in [0.1, 0.15) is 0 Å². The van der Waals surface area contributed by atoms with E-state index in [9.17, 15) is 0 Å². The Balaban J connectivity index is 3.21. The molecule has 1 nitrogen and oxygen atoms in total. The largest absolute Gasteiger partial charge is 0.388 e. The number of hydrogen-bond acceptors (Lipinski definition) is 1. The molecule has 0 aliphatic rings. The van der Waals surface area contributed by atoms with Gasteiger partial charge in [-0.05, 0) is 79.9 Å². The summed E-state index contributed by atoms with van der Waals surface area (Å²) in [6, 6.07) is 4.29. The highest BCUT2D eigenvalue weighted by atomic mass is 127. The van der Waals surface area contributed by atoms with Crippen LogP contribution in [0.3, 0.4) is 0 Å². The Labute approximate surface area is 107 Å². The molecule has 0 saturated carbocycles. The fraction of sp³-hybridized carbons (Fsp3) is 0.143. The van der Waals surface area contributed by atoms with Crippen molar-refractivity contribution in [3.8, 4) is 0 Å². The first kappa shape index (κ1) is 10.3. The maximum atomic E-state index is 3.12. The monoisotopic (exact) mass is 485 g/mol. The zero-order chi connectivity index (χ0) is 8.43. The Kier molecular flexibility index (Phi) is 4.16. The molecule has 0 amide bonds. The van der Waals surface area contributed by atoms with E-state index in [-0.39, 0.29) is 0 Å². The highest BCUT2D eigenvalue weighted by molar-refractivity contribution is 14.1. The maximum absolute atomic E-state index is 3.12. The zero-order valence-corrected chi connectivity index (χ0v) is 12.3. The lowest BCUT2D eigenvalue weighted by Crippen LogP contribution is -1.92. The van der Waals surface area contributed by atoms with Gasteiger partial charge in [0, 0.05) is 23.4 Å². The Morgan fingerprint density at radius 1 is 1.09 bits per heavy atom. The Morgan fingerprint density at radius 3 is 1.91 bits per heavy atom. The van der Waals surface area contributed by atoms with Gasteiger partial charge in [-0.15, -0.1) is 0 Å². The molecular weight excluding hydrogens is 479 g/mol. The van der Waals surface area contributed by atoms with Crippen LogP contribution in [0.15, 0.2) is 12.1 Å². The van der Waals surface area contributed by atoms with Crippen LogP contribution in [-0.4, -0.2) is 7.05 Å². The summed E-state index contributed by atoms with van der Waals surface area (Å²) in [5, 5.41) is 3.12. The molecule has 1 aromatic carbocycles. The standard InChI is InChI=1S/C7H6I3N/c1-11-4-2-5(8)7(10)6(9)3-4/h2-3,11H,1H3. The van der Waals surface area contributed by atoms with E-state index in [0.717, 1.165) is 0 Å². The Bertz CT molecular complexity index is 249. The van der Waals surface area contributed by atoms with Crippen LogP contribution in [0, 0.1) is 10.7 Å². The van der Waals surface area contributed by atoms with Crippen molar-refractivity contribution in [2.24, 2.45) is 0 Å². The van der Waals surface area contributed by atoms with E-state index in [0.29, 0.717) is 0 Å². The number of anilines is 1. The van der Waals surface area contributed by atoms with Crippen molar-refractivity contribution in [3.63, 3.8) is 0 Å². The van der Waals surface area contributed by atoms with E-state index in [1.54, 1.807) is 0 Å². The molecule has 1 aromatic rings. The summed E-state index contributed by atoms with van der Waals surface area (Å²) in [6.07, 6.45) is 0. The third-order valence-corrected chi connectivity index (χ3v) is 6.20. The zero-order valence-electron chi connectivity index (χ0n) is 5.79. The molecule has 60 valence electrons. The normalized spacial score (nSPS) is 9.82. The van der Waals surface area contributed by atoms with Crippen LogP contribution in [0.1, 0.15) is 0 Å². The molecule has 0 radical (unpaired) electrons. The smallest absolute Gasteiger partial charge is 0.0398 e. The first-order valence-electron chi connectivity index (χ1n) is 2.97. The molecule has 11 heavy (non-hydrogen) atoms. The van der Waals surface area contributed by atoms with Gasteiger partial charge in [-0.25, -0.2) is 0 Å². The Hall–Kier alpha value is 1.21. The molecule has 0 bridgehead atoms. The van der Waals surface area contributed by atoms with E-state index >= 15 is 0 Å². The Morgan fingerprint density at radius 2 is 1.55 bits per heavy atom. The first-order valence-corrected chi connectivity index (χ1v) is 6.21. The molecule has 0 saturated heterocycles. The molecule has 1 N–H and O–H groups in total. The molecule has 0 spiro atoms. The van der Waals surface area contributed by atoms with Gasteiger partial charge in [0.2, 0.25) is 0 Å². The lowest BCUT2D eigenvalue weighted by Gasteiger charge is -2.04. The SMILES string of the molecule is CNc1cc(I)c(I)c(I)c1. The van der Waals surface area contributed by atoms with Crippen molar-refractivity contribution in [3.05, 3.63) is 22.8 Å². The van der Waals surface area contributed by atoms with E-state index in [1.165, 1.54) is 16.4 Å². The number of hydrogen-bond donors (Lipinski definition) is 1. The van der Waals surface area contributed by atoms with Crippen molar-refractivity contribution in [1.29, 1.82) is 0 Å². The molecule has 0 unspecified atom stereocenters.